The highest BCUT2D eigenvalue weighted by molar-refractivity contribution is 9.10. The summed E-state index contributed by atoms with van der Waals surface area (Å²) in [5, 5.41) is 0. The van der Waals surface area contributed by atoms with Crippen LogP contribution in [0.15, 0.2) is 53.0 Å². The molecular formula is C33H37BrO9. The zero-order valence-corrected chi connectivity index (χ0v) is 26.5. The highest BCUT2D eigenvalue weighted by Crippen LogP contribution is 2.43. The third kappa shape index (κ3) is 8.32. The van der Waals surface area contributed by atoms with Gasteiger partial charge < -0.3 is 23.7 Å². The van der Waals surface area contributed by atoms with Gasteiger partial charge in [-0.3, -0.25) is 19.2 Å². The molecule has 9 nitrogen and oxygen atoms in total. The summed E-state index contributed by atoms with van der Waals surface area (Å²) in [5.41, 5.74) is 6.07. The fourth-order valence-corrected chi connectivity index (χ4v) is 6.22. The molecule has 1 saturated heterocycles. The van der Waals surface area contributed by atoms with Crippen molar-refractivity contribution in [2.75, 3.05) is 6.61 Å². The van der Waals surface area contributed by atoms with Crippen LogP contribution >= 0.6 is 15.9 Å². The van der Waals surface area contributed by atoms with Gasteiger partial charge in [0, 0.05) is 38.1 Å². The fourth-order valence-electron chi connectivity index (χ4n) is 5.96. The third-order valence-electron chi connectivity index (χ3n) is 7.59. The maximum absolute atomic E-state index is 12.2. The predicted molar refractivity (Wildman–Crippen MR) is 161 cm³/mol. The average molecular weight is 658 g/mol. The van der Waals surface area contributed by atoms with Crippen molar-refractivity contribution >= 4 is 45.4 Å². The lowest BCUT2D eigenvalue weighted by atomic mass is 9.88. The van der Waals surface area contributed by atoms with E-state index in [-0.39, 0.29) is 12.5 Å². The molecule has 4 rings (SSSR count). The van der Waals surface area contributed by atoms with Crippen LogP contribution in [0.4, 0.5) is 0 Å². The number of aryl methyl sites for hydroxylation is 1. The van der Waals surface area contributed by atoms with E-state index in [2.05, 4.69) is 53.2 Å². The number of hydrogen-bond donors (Lipinski definition) is 0. The summed E-state index contributed by atoms with van der Waals surface area (Å²) >= 11 is 3.50. The Bertz CT molecular complexity index is 1380. The lowest BCUT2D eigenvalue weighted by molar-refractivity contribution is -0.253. The maximum Gasteiger partial charge on any atom is 0.303 e. The Balaban J connectivity index is 1.63. The number of carbonyl (C=O) groups is 4. The van der Waals surface area contributed by atoms with E-state index in [0.29, 0.717) is 12.8 Å². The summed E-state index contributed by atoms with van der Waals surface area (Å²) in [5.74, 6) is -2.39. The van der Waals surface area contributed by atoms with E-state index >= 15 is 0 Å². The molecule has 0 N–H and O–H groups in total. The van der Waals surface area contributed by atoms with Crippen molar-refractivity contribution in [3.8, 4) is 0 Å². The van der Waals surface area contributed by atoms with Crippen LogP contribution in [0.3, 0.4) is 0 Å². The third-order valence-corrected chi connectivity index (χ3v) is 8.11. The first-order chi connectivity index (χ1) is 20.4. The smallest absolute Gasteiger partial charge is 0.303 e. The van der Waals surface area contributed by atoms with Gasteiger partial charge in [-0.25, -0.2) is 0 Å². The average Bonchev–Trinajstić information content (AvgIpc) is 3.28. The normalized spacial score (nSPS) is 24.4. The Labute approximate surface area is 260 Å². The van der Waals surface area contributed by atoms with Crippen molar-refractivity contribution in [2.24, 2.45) is 0 Å². The highest BCUT2D eigenvalue weighted by atomic mass is 79.9. The van der Waals surface area contributed by atoms with Gasteiger partial charge >= 0.3 is 23.9 Å². The molecule has 43 heavy (non-hydrogen) atoms. The Morgan fingerprint density at radius 3 is 1.98 bits per heavy atom. The number of esters is 4. The van der Waals surface area contributed by atoms with Crippen molar-refractivity contribution in [2.45, 2.75) is 90.3 Å². The Hall–Kier alpha value is -3.50. The van der Waals surface area contributed by atoms with Gasteiger partial charge in [0.05, 0.1) is 6.10 Å². The molecule has 1 aliphatic heterocycles. The number of allylic oxidation sites excluding steroid dienone is 2. The first-order valence-corrected chi connectivity index (χ1v) is 15.1. The van der Waals surface area contributed by atoms with Crippen LogP contribution in [0, 0.1) is 6.92 Å². The highest BCUT2D eigenvalue weighted by Gasteiger charge is 2.52. The maximum atomic E-state index is 12.2. The number of fused-ring (bicyclic) bond motifs is 1. The molecular weight excluding hydrogens is 620 g/mol. The molecule has 0 radical (unpaired) electrons. The predicted octanol–water partition coefficient (Wildman–Crippen LogP) is 5.39. The molecule has 2 aromatic rings. The van der Waals surface area contributed by atoms with Gasteiger partial charge in [-0.1, -0.05) is 52.3 Å². The molecule has 2 aliphatic rings. The minimum atomic E-state index is -1.16. The molecule has 0 aromatic heterocycles. The van der Waals surface area contributed by atoms with Crippen LogP contribution in [0.1, 0.15) is 68.7 Å². The van der Waals surface area contributed by atoms with E-state index in [1.807, 2.05) is 18.2 Å². The van der Waals surface area contributed by atoms with Gasteiger partial charge in [0.1, 0.15) is 12.7 Å². The molecule has 0 saturated carbocycles. The molecule has 2 aromatic carbocycles. The Kier molecular flexibility index (Phi) is 10.8. The molecule has 1 fully saturated rings. The lowest BCUT2D eigenvalue weighted by Gasteiger charge is -2.44. The zero-order valence-electron chi connectivity index (χ0n) is 25.0. The molecule has 0 spiro atoms. The first-order valence-electron chi connectivity index (χ1n) is 14.3. The van der Waals surface area contributed by atoms with Crippen molar-refractivity contribution in [1.82, 2.24) is 0 Å². The Morgan fingerprint density at radius 1 is 0.767 bits per heavy atom. The Morgan fingerprint density at radius 2 is 1.37 bits per heavy atom. The fraction of sp³-hybridized carbons (Fsp3) is 0.455. The summed E-state index contributed by atoms with van der Waals surface area (Å²) in [6.07, 6.45) is -0.948. The van der Waals surface area contributed by atoms with Gasteiger partial charge in [-0.15, -0.1) is 0 Å². The standard InChI is InChI=1S/C33H37BrO9/c1-18-7-6-8-27-24(16-25(30(18)27)15-23-9-12-26(34)13-10-23)11-14-28-31(40-20(3)36)33(42-22(5)38)32(41-21(4)37)29(43-28)17-39-19(2)35/h6-10,12-13,16,24,28-29,31-33H,11,14-15,17H2,1-5H3/t24?,28-,29+,31-,32+,33+/m0/s1. The van der Waals surface area contributed by atoms with Gasteiger partial charge in [0.2, 0.25) is 0 Å². The molecule has 1 aliphatic carbocycles. The second-order valence-electron chi connectivity index (χ2n) is 11.0. The van der Waals surface area contributed by atoms with Crippen molar-refractivity contribution in [3.63, 3.8) is 0 Å². The molecule has 1 unspecified atom stereocenters. The summed E-state index contributed by atoms with van der Waals surface area (Å²) in [6.45, 7) is 6.80. The van der Waals surface area contributed by atoms with Crippen LogP contribution in [0.5, 0.6) is 0 Å². The van der Waals surface area contributed by atoms with Gasteiger partial charge in [0.15, 0.2) is 18.3 Å². The van der Waals surface area contributed by atoms with Crippen molar-refractivity contribution < 1.29 is 42.9 Å². The summed E-state index contributed by atoms with van der Waals surface area (Å²) in [6, 6.07) is 14.6. The summed E-state index contributed by atoms with van der Waals surface area (Å²) in [4.78, 5) is 48.0. The van der Waals surface area contributed by atoms with Gasteiger partial charge in [-0.05, 0) is 66.1 Å². The van der Waals surface area contributed by atoms with Crippen LogP contribution in [0.25, 0.3) is 5.57 Å². The number of carbonyl (C=O) groups excluding carboxylic acids is 4. The van der Waals surface area contributed by atoms with Crippen LogP contribution in [-0.2, 0) is 49.3 Å². The number of benzene rings is 2. The number of halogens is 1. The van der Waals surface area contributed by atoms with Gasteiger partial charge in [0.25, 0.3) is 0 Å². The number of rotatable bonds is 10. The largest absolute Gasteiger partial charge is 0.463 e. The topological polar surface area (TPSA) is 114 Å². The second-order valence-corrected chi connectivity index (χ2v) is 11.9. The quantitative estimate of drug-likeness (QED) is 0.245. The van der Waals surface area contributed by atoms with E-state index in [0.717, 1.165) is 10.9 Å². The molecule has 230 valence electrons. The minimum absolute atomic E-state index is 0.0622. The summed E-state index contributed by atoms with van der Waals surface area (Å²) in [7, 11) is 0. The monoisotopic (exact) mass is 656 g/mol. The lowest BCUT2D eigenvalue weighted by Crippen LogP contribution is -2.62. The molecule has 0 bridgehead atoms. The number of ether oxygens (including phenoxy) is 5. The minimum Gasteiger partial charge on any atom is -0.463 e. The van der Waals surface area contributed by atoms with Crippen LogP contribution in [0.2, 0.25) is 0 Å². The SMILES string of the molecule is CC(=O)OC[C@H]1O[C@@H](CCC2C=C(Cc3ccc(Br)cc3)c3c(C)cccc32)[C@H](OC(C)=O)[C@@H](OC(C)=O)[C@@H]1OC(C)=O. The molecule has 0 amide bonds. The number of hydrogen-bond acceptors (Lipinski definition) is 9. The summed E-state index contributed by atoms with van der Waals surface area (Å²) < 4.78 is 29.3. The van der Waals surface area contributed by atoms with Gasteiger partial charge in [-0.2, -0.15) is 0 Å². The van der Waals surface area contributed by atoms with Crippen LogP contribution in [-0.4, -0.2) is 61.0 Å². The molecule has 1 heterocycles. The van der Waals surface area contributed by atoms with E-state index in [1.54, 1.807) is 0 Å². The first kappa shape index (κ1) is 32.4. The van der Waals surface area contributed by atoms with E-state index in [1.165, 1.54) is 55.5 Å². The van der Waals surface area contributed by atoms with E-state index in [4.69, 9.17) is 23.7 Å². The molecule has 10 heteroatoms. The second kappa shape index (κ2) is 14.3. The van der Waals surface area contributed by atoms with Crippen molar-refractivity contribution in [1.29, 1.82) is 0 Å². The molecule has 6 atom stereocenters. The zero-order chi connectivity index (χ0) is 31.3. The van der Waals surface area contributed by atoms with Crippen LogP contribution < -0.4 is 0 Å². The van der Waals surface area contributed by atoms with Crippen molar-refractivity contribution in [3.05, 3.63) is 75.3 Å². The van der Waals surface area contributed by atoms with E-state index in [9.17, 15) is 19.2 Å². The van der Waals surface area contributed by atoms with E-state index < -0.39 is 54.4 Å².